The molecular formula is C15H10FN3S. The molecule has 0 spiro atoms. The van der Waals surface area contributed by atoms with Crippen molar-refractivity contribution in [2.45, 2.75) is 6.92 Å². The largest absolute Gasteiger partial charge is 0.330 e. The molecule has 2 aromatic carbocycles. The lowest BCUT2D eigenvalue weighted by atomic mass is 10.1. The van der Waals surface area contributed by atoms with E-state index >= 15 is 0 Å². The number of imidazole rings is 1. The predicted octanol–water partition coefficient (Wildman–Crippen LogP) is 4.01. The van der Waals surface area contributed by atoms with Gasteiger partial charge in [-0.25, -0.2) is 4.39 Å². The van der Waals surface area contributed by atoms with E-state index in [9.17, 15) is 4.39 Å². The smallest absolute Gasteiger partial charge is 0.182 e. The Kier molecular flexibility index (Phi) is 2.88. The zero-order valence-electron chi connectivity index (χ0n) is 10.6. The summed E-state index contributed by atoms with van der Waals surface area (Å²) in [5, 5.41) is 8.94. The number of aromatic nitrogens is 2. The molecule has 5 heteroatoms. The highest BCUT2D eigenvalue weighted by molar-refractivity contribution is 7.71. The van der Waals surface area contributed by atoms with E-state index in [0.717, 1.165) is 16.6 Å². The number of nitriles is 1. The van der Waals surface area contributed by atoms with Gasteiger partial charge in [0.2, 0.25) is 0 Å². The first-order chi connectivity index (χ1) is 9.61. The summed E-state index contributed by atoms with van der Waals surface area (Å²) in [4.78, 5) is 3.12. The van der Waals surface area contributed by atoms with Gasteiger partial charge in [-0.2, -0.15) is 5.26 Å². The van der Waals surface area contributed by atoms with Crippen LogP contribution in [0.4, 0.5) is 4.39 Å². The van der Waals surface area contributed by atoms with Crippen molar-refractivity contribution in [3.63, 3.8) is 0 Å². The van der Waals surface area contributed by atoms with Crippen molar-refractivity contribution in [1.82, 2.24) is 9.55 Å². The third-order valence-electron chi connectivity index (χ3n) is 3.23. The van der Waals surface area contributed by atoms with E-state index in [-0.39, 0.29) is 5.56 Å². The second-order valence-electron chi connectivity index (χ2n) is 4.51. The first-order valence-electron chi connectivity index (χ1n) is 6.02. The number of nitrogens with zero attached hydrogens (tertiary/aromatic N) is 2. The van der Waals surface area contributed by atoms with Crippen molar-refractivity contribution in [2.75, 3.05) is 0 Å². The Hall–Kier alpha value is -2.45. The molecule has 0 bridgehead atoms. The summed E-state index contributed by atoms with van der Waals surface area (Å²) in [6.07, 6.45) is 0. The number of nitrogens with one attached hydrogen (secondary N) is 1. The van der Waals surface area contributed by atoms with Crippen LogP contribution in [-0.4, -0.2) is 9.55 Å². The molecule has 0 atom stereocenters. The fraction of sp³-hybridized carbons (Fsp3) is 0.0667. The van der Waals surface area contributed by atoms with Gasteiger partial charge < -0.3 is 4.98 Å². The van der Waals surface area contributed by atoms with E-state index < -0.39 is 5.82 Å². The monoisotopic (exact) mass is 283 g/mol. The quantitative estimate of drug-likeness (QED) is 0.686. The van der Waals surface area contributed by atoms with Crippen LogP contribution in [0.5, 0.6) is 0 Å². The van der Waals surface area contributed by atoms with Crippen molar-refractivity contribution >= 4 is 23.3 Å². The summed E-state index contributed by atoms with van der Waals surface area (Å²) in [5.41, 5.74) is 3.59. The average molecular weight is 283 g/mol. The lowest BCUT2D eigenvalue weighted by Gasteiger charge is -2.07. The summed E-state index contributed by atoms with van der Waals surface area (Å²) >= 11 is 5.34. The van der Waals surface area contributed by atoms with E-state index in [4.69, 9.17) is 17.5 Å². The fourth-order valence-electron chi connectivity index (χ4n) is 2.31. The molecule has 0 saturated heterocycles. The zero-order valence-corrected chi connectivity index (χ0v) is 11.5. The minimum atomic E-state index is -0.528. The number of H-pyrrole nitrogens is 1. The molecule has 0 fully saturated rings. The Balaban J connectivity index is 2.38. The molecule has 0 radical (unpaired) electrons. The highest BCUT2D eigenvalue weighted by atomic mass is 32.1. The molecule has 0 saturated carbocycles. The van der Waals surface area contributed by atoms with Gasteiger partial charge in [-0.3, -0.25) is 4.57 Å². The van der Waals surface area contributed by atoms with Crippen molar-refractivity contribution in [2.24, 2.45) is 0 Å². The highest BCUT2D eigenvalue weighted by Gasteiger charge is 2.10. The Morgan fingerprint density at radius 1 is 1.30 bits per heavy atom. The Morgan fingerprint density at radius 2 is 2.10 bits per heavy atom. The molecule has 1 aromatic heterocycles. The van der Waals surface area contributed by atoms with Gasteiger partial charge in [-0.05, 0) is 49.0 Å². The number of halogens is 1. The maximum absolute atomic E-state index is 13.4. The van der Waals surface area contributed by atoms with E-state index in [2.05, 4.69) is 4.98 Å². The van der Waals surface area contributed by atoms with Gasteiger partial charge in [-0.15, -0.1) is 0 Å². The minimum Gasteiger partial charge on any atom is -0.330 e. The second-order valence-corrected chi connectivity index (χ2v) is 4.90. The number of rotatable bonds is 1. The van der Waals surface area contributed by atoms with Crippen LogP contribution >= 0.6 is 12.2 Å². The van der Waals surface area contributed by atoms with E-state index in [1.807, 2.05) is 35.8 Å². The average Bonchev–Trinajstić information content (AvgIpc) is 2.77. The Labute approximate surface area is 119 Å². The molecule has 98 valence electrons. The number of hydrogen-bond acceptors (Lipinski definition) is 2. The maximum atomic E-state index is 13.4. The van der Waals surface area contributed by atoms with Crippen LogP contribution in [0.1, 0.15) is 11.1 Å². The lowest BCUT2D eigenvalue weighted by Crippen LogP contribution is -1.97. The predicted molar refractivity (Wildman–Crippen MR) is 77.9 cm³/mol. The number of hydrogen-bond donors (Lipinski definition) is 1. The summed E-state index contributed by atoms with van der Waals surface area (Å²) < 4.78 is 15.8. The molecule has 3 nitrogen and oxygen atoms in total. The van der Waals surface area contributed by atoms with Crippen LogP contribution in [0.25, 0.3) is 16.7 Å². The minimum absolute atomic E-state index is 0.00679. The third kappa shape index (κ3) is 1.82. The van der Waals surface area contributed by atoms with Crippen LogP contribution in [0.15, 0.2) is 36.4 Å². The number of aryl methyl sites for hydroxylation is 1. The summed E-state index contributed by atoms with van der Waals surface area (Å²) in [6, 6.07) is 12.1. The number of para-hydroxylation sites is 1. The van der Waals surface area contributed by atoms with Gasteiger partial charge in [0.15, 0.2) is 4.77 Å². The van der Waals surface area contributed by atoms with Gasteiger partial charge in [0.05, 0.1) is 16.6 Å². The lowest BCUT2D eigenvalue weighted by molar-refractivity contribution is 0.623. The van der Waals surface area contributed by atoms with Gasteiger partial charge in [0.1, 0.15) is 11.9 Å². The molecule has 1 N–H and O–H groups in total. The van der Waals surface area contributed by atoms with E-state index in [0.29, 0.717) is 10.5 Å². The van der Waals surface area contributed by atoms with Gasteiger partial charge in [-0.1, -0.05) is 12.1 Å². The van der Waals surface area contributed by atoms with Crippen molar-refractivity contribution < 1.29 is 4.39 Å². The molecule has 20 heavy (non-hydrogen) atoms. The van der Waals surface area contributed by atoms with Gasteiger partial charge in [0, 0.05) is 5.69 Å². The van der Waals surface area contributed by atoms with Crippen molar-refractivity contribution in [3.05, 3.63) is 58.1 Å². The molecule has 0 aliphatic carbocycles. The summed E-state index contributed by atoms with van der Waals surface area (Å²) in [7, 11) is 0. The van der Waals surface area contributed by atoms with Crippen LogP contribution in [-0.2, 0) is 0 Å². The first-order valence-corrected chi connectivity index (χ1v) is 6.43. The zero-order chi connectivity index (χ0) is 14.3. The molecule has 3 aromatic rings. The van der Waals surface area contributed by atoms with Gasteiger partial charge in [0.25, 0.3) is 0 Å². The van der Waals surface area contributed by atoms with Gasteiger partial charge >= 0.3 is 0 Å². The van der Waals surface area contributed by atoms with Crippen molar-refractivity contribution in [1.29, 1.82) is 5.26 Å². The Morgan fingerprint density at radius 3 is 2.85 bits per heavy atom. The first kappa shape index (κ1) is 12.6. The SMILES string of the molecule is Cc1cccc2[nH]c(=S)n(-c3ccc(F)c(C#N)c3)c12. The van der Waals surface area contributed by atoms with Crippen molar-refractivity contribution in [3.8, 4) is 11.8 Å². The van der Waals surface area contributed by atoms with E-state index in [1.165, 1.54) is 12.1 Å². The normalized spacial score (nSPS) is 10.7. The standard InChI is InChI=1S/C15H10FN3S/c1-9-3-2-4-13-14(9)19(15(20)18-13)11-5-6-12(16)10(7-11)8-17/h2-7H,1H3,(H,18,20). The van der Waals surface area contributed by atoms with E-state index in [1.54, 1.807) is 6.07 Å². The Bertz CT molecular complexity index is 915. The summed E-state index contributed by atoms with van der Waals surface area (Å²) in [6.45, 7) is 1.98. The molecule has 0 amide bonds. The molecule has 3 rings (SSSR count). The topological polar surface area (TPSA) is 44.5 Å². The molecule has 0 aliphatic heterocycles. The third-order valence-corrected chi connectivity index (χ3v) is 3.52. The molecule has 1 heterocycles. The maximum Gasteiger partial charge on any atom is 0.182 e. The summed E-state index contributed by atoms with van der Waals surface area (Å²) in [5.74, 6) is -0.528. The van der Waals surface area contributed by atoms with Crippen LogP contribution < -0.4 is 0 Å². The van der Waals surface area contributed by atoms with Crippen LogP contribution in [0, 0.1) is 28.8 Å². The molecule has 0 aliphatic rings. The second kappa shape index (κ2) is 4.58. The number of benzene rings is 2. The number of fused-ring (bicyclic) bond motifs is 1. The highest BCUT2D eigenvalue weighted by Crippen LogP contribution is 2.23. The molecule has 0 unspecified atom stereocenters. The van der Waals surface area contributed by atoms with Crippen LogP contribution in [0.3, 0.4) is 0 Å². The number of aromatic amines is 1. The fourth-order valence-corrected chi connectivity index (χ4v) is 2.62. The molecular weight excluding hydrogens is 273 g/mol. The van der Waals surface area contributed by atoms with Crippen LogP contribution in [0.2, 0.25) is 0 Å².